The number of anilines is 3. The van der Waals surface area contributed by atoms with Crippen LogP contribution in [0.3, 0.4) is 0 Å². The monoisotopic (exact) mass is 425 g/mol. The summed E-state index contributed by atoms with van der Waals surface area (Å²) in [5.41, 5.74) is 1.53. The number of carbonyl (C=O) groups is 1. The highest BCUT2D eigenvalue weighted by Crippen LogP contribution is 2.39. The number of rotatable bonds is 6. The highest BCUT2D eigenvalue weighted by Gasteiger charge is 2.39. The van der Waals surface area contributed by atoms with E-state index in [2.05, 4.69) is 25.6 Å². The number of amides is 1. The molecule has 8 nitrogen and oxygen atoms in total. The van der Waals surface area contributed by atoms with Crippen LogP contribution in [-0.4, -0.2) is 34.1 Å². The van der Waals surface area contributed by atoms with Crippen molar-refractivity contribution in [1.82, 2.24) is 15.0 Å². The minimum atomic E-state index is -0.959. The highest BCUT2D eigenvalue weighted by molar-refractivity contribution is 6.29. The van der Waals surface area contributed by atoms with Crippen molar-refractivity contribution in [2.45, 2.75) is 19.1 Å². The summed E-state index contributed by atoms with van der Waals surface area (Å²) in [5, 5.41) is 6.25. The van der Waals surface area contributed by atoms with E-state index in [9.17, 15) is 4.79 Å². The average molecular weight is 426 g/mol. The van der Waals surface area contributed by atoms with Crippen LogP contribution in [-0.2, 0) is 15.3 Å². The van der Waals surface area contributed by atoms with Gasteiger partial charge < -0.3 is 20.1 Å². The summed E-state index contributed by atoms with van der Waals surface area (Å²) >= 11 is 6.11. The van der Waals surface area contributed by atoms with Crippen molar-refractivity contribution in [1.29, 1.82) is 0 Å². The van der Waals surface area contributed by atoms with E-state index in [1.807, 2.05) is 25.1 Å². The van der Waals surface area contributed by atoms with E-state index in [4.69, 9.17) is 21.1 Å². The zero-order valence-corrected chi connectivity index (χ0v) is 17.0. The van der Waals surface area contributed by atoms with Gasteiger partial charge in [-0.3, -0.25) is 4.79 Å². The van der Waals surface area contributed by atoms with Crippen molar-refractivity contribution in [3.05, 3.63) is 71.3 Å². The second-order valence-corrected chi connectivity index (χ2v) is 6.97. The van der Waals surface area contributed by atoms with Gasteiger partial charge in [-0.25, -0.2) is 15.0 Å². The molecule has 4 rings (SSSR count). The molecule has 0 aliphatic carbocycles. The van der Waals surface area contributed by atoms with E-state index in [1.165, 1.54) is 6.20 Å². The van der Waals surface area contributed by atoms with Crippen molar-refractivity contribution in [3.63, 3.8) is 0 Å². The van der Waals surface area contributed by atoms with Crippen LogP contribution in [0, 0.1) is 0 Å². The topological polar surface area (TPSA) is 98.3 Å². The lowest BCUT2D eigenvalue weighted by atomic mass is 10.0. The number of halogens is 1. The van der Waals surface area contributed by atoms with Gasteiger partial charge in [-0.2, -0.15) is 0 Å². The van der Waals surface area contributed by atoms with Gasteiger partial charge in [0.25, 0.3) is 5.91 Å². The van der Waals surface area contributed by atoms with Crippen LogP contribution in [0.25, 0.3) is 0 Å². The molecular formula is C21H20ClN5O3. The summed E-state index contributed by atoms with van der Waals surface area (Å²) < 4.78 is 11.7. The van der Waals surface area contributed by atoms with E-state index in [-0.39, 0.29) is 5.91 Å². The van der Waals surface area contributed by atoms with E-state index < -0.39 is 5.79 Å². The second-order valence-electron chi connectivity index (χ2n) is 6.58. The van der Waals surface area contributed by atoms with E-state index >= 15 is 0 Å². The number of nitrogens with zero attached hydrogens (tertiary/aromatic N) is 3. The lowest BCUT2D eigenvalue weighted by Crippen LogP contribution is -2.28. The SMILES string of the molecule is CCC1(c2cc(Cl)ncc2NC(=O)c2ccnc(Nc3ccccn3)c2)OCCO1. The number of nitrogens with one attached hydrogen (secondary N) is 2. The smallest absolute Gasteiger partial charge is 0.255 e. The third kappa shape index (κ3) is 4.25. The lowest BCUT2D eigenvalue weighted by molar-refractivity contribution is -0.167. The molecule has 2 N–H and O–H groups in total. The molecule has 3 aromatic heterocycles. The van der Waals surface area contributed by atoms with Crippen LogP contribution in [0.4, 0.5) is 17.3 Å². The first-order valence-corrected chi connectivity index (χ1v) is 9.87. The van der Waals surface area contributed by atoms with Gasteiger partial charge in [0.1, 0.15) is 16.8 Å². The lowest BCUT2D eigenvalue weighted by Gasteiger charge is -2.28. The summed E-state index contributed by atoms with van der Waals surface area (Å²) in [6.45, 7) is 2.88. The molecule has 0 unspecified atom stereocenters. The zero-order chi connectivity index (χ0) is 21.0. The number of ether oxygens (including phenoxy) is 2. The first-order chi connectivity index (χ1) is 14.6. The van der Waals surface area contributed by atoms with Crippen molar-refractivity contribution in [2.75, 3.05) is 23.8 Å². The number of hydrogen-bond donors (Lipinski definition) is 2. The van der Waals surface area contributed by atoms with Gasteiger partial charge in [0.15, 0.2) is 5.79 Å². The van der Waals surface area contributed by atoms with Crippen LogP contribution in [0.1, 0.15) is 29.3 Å². The molecule has 1 fully saturated rings. The van der Waals surface area contributed by atoms with Crippen LogP contribution < -0.4 is 10.6 Å². The number of aromatic nitrogens is 3. The van der Waals surface area contributed by atoms with E-state index in [0.717, 1.165) is 0 Å². The van der Waals surface area contributed by atoms with Gasteiger partial charge in [-0.15, -0.1) is 0 Å². The molecular weight excluding hydrogens is 406 g/mol. The molecule has 3 aromatic rings. The molecule has 0 saturated carbocycles. The molecule has 154 valence electrons. The summed E-state index contributed by atoms with van der Waals surface area (Å²) in [4.78, 5) is 25.5. The van der Waals surface area contributed by atoms with Crippen LogP contribution >= 0.6 is 11.6 Å². The second kappa shape index (κ2) is 8.74. The fourth-order valence-corrected chi connectivity index (χ4v) is 3.41. The Balaban J connectivity index is 1.58. The molecule has 9 heteroatoms. The summed E-state index contributed by atoms with van der Waals surface area (Å²) in [5.74, 6) is -0.148. The first-order valence-electron chi connectivity index (χ1n) is 9.49. The molecule has 30 heavy (non-hydrogen) atoms. The van der Waals surface area contributed by atoms with Crippen LogP contribution in [0.5, 0.6) is 0 Å². The quantitative estimate of drug-likeness (QED) is 0.573. The normalized spacial score (nSPS) is 15.0. The molecule has 0 bridgehead atoms. The number of pyridine rings is 3. The number of hydrogen-bond acceptors (Lipinski definition) is 7. The third-order valence-corrected chi connectivity index (χ3v) is 4.90. The molecule has 4 heterocycles. The maximum Gasteiger partial charge on any atom is 0.255 e. The van der Waals surface area contributed by atoms with Crippen LogP contribution in [0.15, 0.2) is 55.0 Å². The van der Waals surface area contributed by atoms with Gasteiger partial charge in [-0.1, -0.05) is 24.6 Å². The minimum Gasteiger partial charge on any atom is -0.343 e. The average Bonchev–Trinajstić information content (AvgIpc) is 3.26. The van der Waals surface area contributed by atoms with Crippen molar-refractivity contribution in [2.24, 2.45) is 0 Å². The Kier molecular flexibility index (Phi) is 5.89. The van der Waals surface area contributed by atoms with Crippen molar-refractivity contribution in [3.8, 4) is 0 Å². The standard InChI is InChI=1S/C21H20ClN5O3/c1-2-21(29-9-10-30-21)15-12-17(22)25-13-16(15)26-20(28)14-6-8-24-19(11-14)27-18-5-3-4-7-23-18/h3-8,11-13H,2,9-10H2,1H3,(H,26,28)(H,23,24,27). The van der Waals surface area contributed by atoms with Crippen LogP contribution in [0.2, 0.25) is 5.15 Å². The minimum absolute atomic E-state index is 0.292. The van der Waals surface area contributed by atoms with Gasteiger partial charge >= 0.3 is 0 Å². The molecule has 1 aliphatic heterocycles. The Bertz CT molecular complexity index is 1040. The summed E-state index contributed by atoms with van der Waals surface area (Å²) in [6, 6.07) is 10.4. The Morgan fingerprint density at radius 1 is 1.10 bits per heavy atom. The van der Waals surface area contributed by atoms with Gasteiger partial charge in [-0.05, 0) is 30.3 Å². The fraction of sp³-hybridized carbons (Fsp3) is 0.238. The van der Waals surface area contributed by atoms with Gasteiger partial charge in [0.2, 0.25) is 0 Å². The molecule has 0 atom stereocenters. The molecule has 1 saturated heterocycles. The Morgan fingerprint density at radius 2 is 1.90 bits per heavy atom. The Labute approximate surface area is 178 Å². The third-order valence-electron chi connectivity index (χ3n) is 4.69. The van der Waals surface area contributed by atoms with Gasteiger partial charge in [0.05, 0.1) is 25.1 Å². The fourth-order valence-electron chi connectivity index (χ4n) is 3.25. The maximum absolute atomic E-state index is 12.9. The maximum atomic E-state index is 12.9. The predicted molar refractivity (Wildman–Crippen MR) is 113 cm³/mol. The summed E-state index contributed by atoms with van der Waals surface area (Å²) in [7, 11) is 0. The Morgan fingerprint density at radius 3 is 2.63 bits per heavy atom. The molecule has 1 amide bonds. The largest absolute Gasteiger partial charge is 0.343 e. The van der Waals surface area contributed by atoms with E-state index in [0.29, 0.717) is 53.2 Å². The molecule has 1 aliphatic rings. The predicted octanol–water partition coefficient (Wildman–Crippen LogP) is 4.13. The first kappa shape index (κ1) is 20.2. The van der Waals surface area contributed by atoms with E-state index in [1.54, 1.807) is 30.6 Å². The highest BCUT2D eigenvalue weighted by atomic mass is 35.5. The van der Waals surface area contributed by atoms with Crippen molar-refractivity contribution >= 4 is 34.8 Å². The van der Waals surface area contributed by atoms with Crippen molar-refractivity contribution < 1.29 is 14.3 Å². The number of carbonyl (C=O) groups excluding carboxylic acids is 1. The molecule has 0 aromatic carbocycles. The molecule has 0 spiro atoms. The summed E-state index contributed by atoms with van der Waals surface area (Å²) in [6.07, 6.45) is 5.29. The van der Waals surface area contributed by atoms with Gasteiger partial charge in [0, 0.05) is 29.9 Å². The molecule has 0 radical (unpaired) electrons. The zero-order valence-electron chi connectivity index (χ0n) is 16.3. The Hall–Kier alpha value is -3.07.